The van der Waals surface area contributed by atoms with Crippen LogP contribution in [0, 0.1) is 0 Å². The lowest BCUT2D eigenvalue weighted by atomic mass is 10.1. The molecule has 0 aliphatic rings. The maximum atomic E-state index is 12.8. The van der Waals surface area contributed by atoms with Crippen molar-refractivity contribution in [2.45, 2.75) is 39.4 Å². The molecule has 1 N–H and O–H groups in total. The van der Waals surface area contributed by atoms with Gasteiger partial charge < -0.3 is 14.3 Å². The average molecular weight is 431 g/mol. The lowest BCUT2D eigenvalue weighted by Gasteiger charge is -2.15. The fourth-order valence-electron chi connectivity index (χ4n) is 3.87. The predicted molar refractivity (Wildman–Crippen MR) is 123 cm³/mol. The minimum atomic E-state index is -0.556. The third kappa shape index (κ3) is 4.27. The van der Waals surface area contributed by atoms with Gasteiger partial charge in [0.2, 0.25) is 0 Å². The van der Waals surface area contributed by atoms with Crippen molar-refractivity contribution in [1.29, 1.82) is 0 Å². The van der Waals surface area contributed by atoms with Gasteiger partial charge in [-0.2, -0.15) is 0 Å². The fraction of sp³-hybridized carbons (Fsp3) is 0.240. The molecule has 1 atom stereocenters. The first-order chi connectivity index (χ1) is 15.5. The van der Waals surface area contributed by atoms with Gasteiger partial charge in [-0.15, -0.1) is 0 Å². The van der Waals surface area contributed by atoms with Crippen LogP contribution >= 0.6 is 0 Å². The van der Waals surface area contributed by atoms with Crippen LogP contribution in [0.3, 0.4) is 0 Å². The quantitative estimate of drug-likeness (QED) is 0.456. The Morgan fingerprint density at radius 1 is 0.938 bits per heavy atom. The van der Waals surface area contributed by atoms with E-state index in [-0.39, 0.29) is 18.5 Å². The van der Waals surface area contributed by atoms with Gasteiger partial charge in [-0.25, -0.2) is 0 Å². The summed E-state index contributed by atoms with van der Waals surface area (Å²) in [7, 11) is 0. The molecule has 0 fully saturated rings. The molecule has 32 heavy (non-hydrogen) atoms. The molecule has 0 saturated heterocycles. The summed E-state index contributed by atoms with van der Waals surface area (Å²) in [6.07, 6.45) is 2.22. The summed E-state index contributed by atoms with van der Waals surface area (Å²) in [4.78, 5) is 37.9. The molecule has 7 heteroatoms. The van der Waals surface area contributed by atoms with Crippen LogP contribution in [0.5, 0.6) is 0 Å². The van der Waals surface area contributed by atoms with E-state index in [0.29, 0.717) is 24.0 Å². The molecule has 0 aliphatic heterocycles. The zero-order valence-corrected chi connectivity index (χ0v) is 18.1. The Balaban J connectivity index is 1.54. The van der Waals surface area contributed by atoms with Gasteiger partial charge in [0.15, 0.2) is 0 Å². The molecule has 7 nitrogen and oxygen atoms in total. The SMILES string of the molecule is CCn1c(=O)c(=O)n(Cc2ccc(C(=O)N[C@H](C)Cc3ccco3)cc2)c2ccccc21. The van der Waals surface area contributed by atoms with Crippen LogP contribution in [-0.2, 0) is 19.5 Å². The molecule has 0 unspecified atom stereocenters. The van der Waals surface area contributed by atoms with E-state index >= 15 is 0 Å². The highest BCUT2D eigenvalue weighted by Gasteiger charge is 2.14. The van der Waals surface area contributed by atoms with Gasteiger partial charge >= 0.3 is 11.1 Å². The Morgan fingerprint density at radius 3 is 2.22 bits per heavy atom. The van der Waals surface area contributed by atoms with Crippen molar-refractivity contribution in [3.05, 3.63) is 105 Å². The van der Waals surface area contributed by atoms with Gasteiger partial charge in [0.25, 0.3) is 5.91 Å². The number of rotatable bonds is 7. The van der Waals surface area contributed by atoms with Crippen LogP contribution in [0.15, 0.2) is 80.9 Å². The largest absolute Gasteiger partial charge is 0.469 e. The lowest BCUT2D eigenvalue weighted by molar-refractivity contribution is 0.0939. The first-order valence-corrected chi connectivity index (χ1v) is 10.6. The van der Waals surface area contributed by atoms with Crippen LogP contribution in [0.2, 0.25) is 0 Å². The summed E-state index contributed by atoms with van der Waals surface area (Å²) < 4.78 is 8.31. The topological polar surface area (TPSA) is 86.2 Å². The molecule has 0 bridgehead atoms. The van der Waals surface area contributed by atoms with E-state index < -0.39 is 11.1 Å². The zero-order chi connectivity index (χ0) is 22.7. The molecule has 0 spiro atoms. The standard InChI is InChI=1S/C25H25N3O4/c1-3-27-21-8-4-5-9-22(21)28(25(31)24(27)30)16-18-10-12-19(13-11-18)23(29)26-17(2)15-20-7-6-14-32-20/h4-14,17H,3,15-16H2,1-2H3,(H,26,29)/t17-/m1/s1. The molecule has 0 saturated carbocycles. The Bertz CT molecular complexity index is 1350. The van der Waals surface area contributed by atoms with E-state index in [0.717, 1.165) is 16.8 Å². The summed E-state index contributed by atoms with van der Waals surface area (Å²) in [6.45, 7) is 4.44. The van der Waals surface area contributed by atoms with Crippen LogP contribution in [-0.4, -0.2) is 21.1 Å². The number of para-hydroxylation sites is 2. The van der Waals surface area contributed by atoms with Crippen molar-refractivity contribution in [3.63, 3.8) is 0 Å². The third-order valence-corrected chi connectivity index (χ3v) is 5.47. The highest BCUT2D eigenvalue weighted by atomic mass is 16.3. The second-order valence-electron chi connectivity index (χ2n) is 7.78. The van der Waals surface area contributed by atoms with Crippen molar-refractivity contribution in [2.24, 2.45) is 0 Å². The van der Waals surface area contributed by atoms with Crippen molar-refractivity contribution >= 4 is 16.9 Å². The van der Waals surface area contributed by atoms with Crippen molar-refractivity contribution < 1.29 is 9.21 Å². The normalized spacial score (nSPS) is 12.1. The third-order valence-electron chi connectivity index (χ3n) is 5.47. The highest BCUT2D eigenvalue weighted by Crippen LogP contribution is 2.13. The van der Waals surface area contributed by atoms with Crippen LogP contribution in [0.1, 0.15) is 35.5 Å². The van der Waals surface area contributed by atoms with Crippen molar-refractivity contribution in [1.82, 2.24) is 14.5 Å². The fourth-order valence-corrected chi connectivity index (χ4v) is 3.87. The molecule has 4 aromatic rings. The highest BCUT2D eigenvalue weighted by molar-refractivity contribution is 5.94. The maximum Gasteiger partial charge on any atom is 0.317 e. The minimum absolute atomic E-state index is 0.0803. The van der Waals surface area contributed by atoms with E-state index in [4.69, 9.17) is 4.42 Å². The van der Waals surface area contributed by atoms with Crippen LogP contribution in [0.25, 0.3) is 11.0 Å². The second kappa shape index (κ2) is 9.09. The summed E-state index contributed by atoms with van der Waals surface area (Å²) in [5.74, 6) is 0.638. The lowest BCUT2D eigenvalue weighted by Crippen LogP contribution is -2.41. The summed E-state index contributed by atoms with van der Waals surface area (Å²) in [6, 6.07) is 18.1. The van der Waals surface area contributed by atoms with Gasteiger partial charge in [0.1, 0.15) is 5.76 Å². The number of benzene rings is 2. The molecular weight excluding hydrogens is 406 g/mol. The number of carbonyl (C=O) groups is 1. The number of hydrogen-bond acceptors (Lipinski definition) is 4. The first-order valence-electron chi connectivity index (χ1n) is 10.6. The number of furan rings is 1. The molecule has 2 heterocycles. The Kier molecular flexibility index (Phi) is 6.07. The van der Waals surface area contributed by atoms with E-state index in [1.165, 1.54) is 9.13 Å². The molecule has 0 aliphatic carbocycles. The monoisotopic (exact) mass is 431 g/mol. The number of nitrogens with zero attached hydrogens (tertiary/aromatic N) is 2. The van der Waals surface area contributed by atoms with Gasteiger partial charge in [-0.1, -0.05) is 24.3 Å². The van der Waals surface area contributed by atoms with Gasteiger partial charge in [0.05, 0.1) is 23.8 Å². The Morgan fingerprint density at radius 2 is 1.59 bits per heavy atom. The minimum Gasteiger partial charge on any atom is -0.469 e. The number of hydrogen-bond donors (Lipinski definition) is 1. The van der Waals surface area contributed by atoms with Gasteiger partial charge in [-0.3, -0.25) is 19.0 Å². The second-order valence-corrected chi connectivity index (χ2v) is 7.78. The summed E-state index contributed by atoms with van der Waals surface area (Å²) >= 11 is 0. The molecule has 0 radical (unpaired) electrons. The molecule has 4 rings (SSSR count). The average Bonchev–Trinajstić information content (AvgIpc) is 3.30. The van der Waals surface area contributed by atoms with E-state index in [1.807, 2.05) is 50.2 Å². The smallest absolute Gasteiger partial charge is 0.317 e. The van der Waals surface area contributed by atoms with E-state index in [9.17, 15) is 14.4 Å². The van der Waals surface area contributed by atoms with Crippen molar-refractivity contribution in [2.75, 3.05) is 0 Å². The summed E-state index contributed by atoms with van der Waals surface area (Å²) in [5, 5.41) is 2.96. The number of amides is 1. The van der Waals surface area contributed by atoms with E-state index in [2.05, 4.69) is 5.32 Å². The first kappa shape index (κ1) is 21.4. The number of nitrogens with one attached hydrogen (secondary N) is 1. The molecule has 2 aromatic heterocycles. The number of aromatic nitrogens is 2. The Labute approximate surface area is 184 Å². The number of aryl methyl sites for hydroxylation is 1. The van der Waals surface area contributed by atoms with Gasteiger partial charge in [0, 0.05) is 24.6 Å². The zero-order valence-electron chi connectivity index (χ0n) is 18.1. The van der Waals surface area contributed by atoms with Crippen LogP contribution in [0.4, 0.5) is 0 Å². The van der Waals surface area contributed by atoms with Crippen LogP contribution < -0.4 is 16.4 Å². The van der Waals surface area contributed by atoms with Crippen molar-refractivity contribution in [3.8, 4) is 0 Å². The number of carbonyl (C=O) groups excluding carboxylic acids is 1. The predicted octanol–water partition coefficient (Wildman–Crippen LogP) is 3.19. The molecular formula is C25H25N3O4. The Hall–Kier alpha value is -3.87. The summed E-state index contributed by atoms with van der Waals surface area (Å²) in [5.41, 5.74) is 1.69. The molecule has 164 valence electrons. The molecule has 1 amide bonds. The van der Waals surface area contributed by atoms with Gasteiger partial charge in [-0.05, 0) is 55.8 Å². The van der Waals surface area contributed by atoms with E-state index in [1.54, 1.807) is 30.5 Å². The number of fused-ring (bicyclic) bond motifs is 1. The maximum absolute atomic E-state index is 12.8. The molecule has 2 aromatic carbocycles.